The summed E-state index contributed by atoms with van der Waals surface area (Å²) in [6, 6.07) is 23.5. The zero-order chi connectivity index (χ0) is 41.1. The van der Waals surface area contributed by atoms with Gasteiger partial charge < -0.3 is 14.6 Å². The maximum absolute atomic E-state index is 12.6. The summed E-state index contributed by atoms with van der Waals surface area (Å²) < 4.78 is 13.0. The number of nitrogens with zero attached hydrogens (tertiary/aromatic N) is 1. The average Bonchev–Trinajstić information content (AvgIpc) is 3.13. The number of carboxylic acids is 1. The first kappa shape index (κ1) is 43.1. The minimum absolute atomic E-state index is 0.141. The highest BCUT2D eigenvalue weighted by molar-refractivity contribution is 9.10. The Morgan fingerprint density at radius 1 is 0.857 bits per heavy atom. The van der Waals surface area contributed by atoms with Crippen molar-refractivity contribution < 1.29 is 24.2 Å². The molecule has 292 valence electrons. The Kier molecular flexibility index (Phi) is 13.9. The van der Waals surface area contributed by atoms with E-state index in [0.717, 1.165) is 82.3 Å². The third-order valence-corrected chi connectivity index (χ3v) is 11.8. The number of benzene rings is 5. The van der Waals surface area contributed by atoms with Crippen molar-refractivity contribution in [1.29, 1.82) is 0 Å². The number of halogens is 4. The molecular formula is C46H45BrCl3NO5. The largest absolute Gasteiger partial charge is 0.493 e. The van der Waals surface area contributed by atoms with Gasteiger partial charge in [-0.15, -0.1) is 0 Å². The molecule has 56 heavy (non-hydrogen) atoms. The first-order valence-corrected chi connectivity index (χ1v) is 20.1. The Hall–Kier alpha value is -3.98. The molecule has 6 aromatic rings. The number of Topliss-reactive ketones (excluding diaryl/α,β-unsaturated/α-hetero) is 1. The average molecular weight is 878 g/mol. The summed E-state index contributed by atoms with van der Waals surface area (Å²) in [7, 11) is 0. The molecule has 1 aromatic heterocycles. The number of hydrogen-bond donors (Lipinski definition) is 1. The normalized spacial score (nSPS) is 12.6. The maximum Gasteiger partial charge on any atom is 0.337 e. The van der Waals surface area contributed by atoms with Crippen molar-refractivity contribution in [3.8, 4) is 16.9 Å². The highest BCUT2D eigenvalue weighted by Crippen LogP contribution is 2.46. The summed E-state index contributed by atoms with van der Waals surface area (Å²) in [5, 5.41) is 15.2. The van der Waals surface area contributed by atoms with E-state index in [1.807, 2.05) is 127 Å². The predicted octanol–water partition coefficient (Wildman–Crippen LogP) is 13.4. The van der Waals surface area contributed by atoms with E-state index in [0.29, 0.717) is 28.6 Å². The number of aliphatic carboxylic acids is 1. The van der Waals surface area contributed by atoms with Gasteiger partial charge in [0.2, 0.25) is 0 Å². The van der Waals surface area contributed by atoms with E-state index in [2.05, 4.69) is 15.9 Å². The van der Waals surface area contributed by atoms with Crippen LogP contribution in [-0.4, -0.2) is 34.1 Å². The monoisotopic (exact) mass is 875 g/mol. The number of rotatable bonds is 6. The minimum Gasteiger partial charge on any atom is -0.493 e. The summed E-state index contributed by atoms with van der Waals surface area (Å²) >= 11 is 21.9. The lowest BCUT2D eigenvalue weighted by molar-refractivity contribution is -0.160. The topological polar surface area (TPSA) is 85.7 Å². The van der Waals surface area contributed by atoms with Gasteiger partial charge in [-0.05, 0) is 146 Å². The standard InChI is InChI=1S/C29H28ClNO4.C10H11ClO.C7H6BrCl/c1-15-6-7-18-20(25(15)30)14-16(2)22(27(28(32)33)35-29(3,4)5)24(18)19-8-9-21-23-17(11-13-34-21)10-12-31-26(19)23;1-7-4-3-5-9(10(7)11)6-8(2)12;1-5-3-2-4-6(8)7(5)9/h6-10,12,14,27H,11,13H2,1-5H3,(H,32,33);3-5H,6H2,1-2H3;2-4H,1H3/t27-;;/m0../s1. The van der Waals surface area contributed by atoms with Gasteiger partial charge >= 0.3 is 5.97 Å². The van der Waals surface area contributed by atoms with Crippen molar-refractivity contribution in [2.45, 2.75) is 79.9 Å². The number of aromatic nitrogens is 1. The van der Waals surface area contributed by atoms with Crippen LogP contribution in [0.25, 0.3) is 32.8 Å². The van der Waals surface area contributed by atoms with E-state index in [-0.39, 0.29) is 5.78 Å². The van der Waals surface area contributed by atoms with Gasteiger partial charge in [0.25, 0.3) is 0 Å². The second-order valence-corrected chi connectivity index (χ2v) is 16.9. The Morgan fingerprint density at radius 2 is 1.52 bits per heavy atom. The summed E-state index contributed by atoms with van der Waals surface area (Å²) in [5.74, 6) is -0.102. The molecule has 0 fully saturated rings. The molecule has 1 N–H and O–H groups in total. The number of pyridine rings is 1. The lowest BCUT2D eigenvalue weighted by Gasteiger charge is -2.29. The quantitative estimate of drug-likeness (QED) is 0.179. The zero-order valence-corrected chi connectivity index (χ0v) is 36.6. The molecular weight excluding hydrogens is 833 g/mol. The van der Waals surface area contributed by atoms with Gasteiger partial charge in [0.1, 0.15) is 11.5 Å². The number of carboxylic acid groups (broad SMARTS) is 1. The fraction of sp³-hybridized carbons (Fsp3) is 0.283. The van der Waals surface area contributed by atoms with Crippen molar-refractivity contribution in [2.24, 2.45) is 0 Å². The van der Waals surface area contributed by atoms with Crippen LogP contribution < -0.4 is 4.74 Å². The van der Waals surface area contributed by atoms with Crippen molar-refractivity contribution >= 4 is 84.2 Å². The van der Waals surface area contributed by atoms with E-state index in [1.54, 1.807) is 6.92 Å². The Labute approximate surface area is 352 Å². The summed E-state index contributed by atoms with van der Waals surface area (Å²) in [6.07, 6.45) is 1.87. The maximum atomic E-state index is 12.6. The number of ketones is 1. The van der Waals surface area contributed by atoms with Gasteiger partial charge in [-0.1, -0.05) is 77.3 Å². The van der Waals surface area contributed by atoms with Crippen LogP contribution in [0.3, 0.4) is 0 Å². The van der Waals surface area contributed by atoms with Gasteiger partial charge in [0, 0.05) is 50.4 Å². The van der Waals surface area contributed by atoms with Crippen molar-refractivity contribution in [2.75, 3.05) is 6.61 Å². The molecule has 5 aromatic carbocycles. The number of carbonyl (C=O) groups is 2. The van der Waals surface area contributed by atoms with Gasteiger partial charge in [-0.25, -0.2) is 4.79 Å². The smallest absolute Gasteiger partial charge is 0.337 e. The highest BCUT2D eigenvalue weighted by atomic mass is 79.9. The molecule has 7 rings (SSSR count). The minimum atomic E-state index is -1.17. The molecule has 2 heterocycles. The molecule has 1 aliphatic rings. The van der Waals surface area contributed by atoms with Crippen molar-refractivity contribution in [1.82, 2.24) is 4.98 Å². The van der Waals surface area contributed by atoms with Crippen LogP contribution in [0.1, 0.15) is 72.7 Å². The number of fused-ring (bicyclic) bond motifs is 1. The first-order chi connectivity index (χ1) is 26.4. The van der Waals surface area contributed by atoms with Crippen LogP contribution >= 0.6 is 50.7 Å². The molecule has 0 aliphatic carbocycles. The fourth-order valence-electron chi connectivity index (χ4n) is 6.74. The summed E-state index contributed by atoms with van der Waals surface area (Å²) in [5.41, 5.74) is 8.32. The molecule has 0 bridgehead atoms. The SMILES string of the molecule is CC(=O)Cc1cccc(C)c1Cl.Cc1cc2c(Cl)c(C)ccc2c(-c2ccc3c4c(ccnc24)CCO3)c1[C@H](OC(C)(C)C)C(=O)O.Cc1cccc(Br)c1Cl. The molecule has 10 heteroatoms. The van der Waals surface area contributed by atoms with Gasteiger partial charge in [0.05, 0.1) is 27.8 Å². The lowest BCUT2D eigenvalue weighted by atomic mass is 9.85. The van der Waals surface area contributed by atoms with Crippen LogP contribution in [0.4, 0.5) is 0 Å². The third kappa shape index (κ3) is 9.75. The predicted molar refractivity (Wildman–Crippen MR) is 234 cm³/mol. The number of ether oxygens (including phenoxy) is 2. The van der Waals surface area contributed by atoms with Gasteiger partial charge in [-0.2, -0.15) is 0 Å². The molecule has 0 saturated carbocycles. The van der Waals surface area contributed by atoms with E-state index in [1.165, 1.54) is 5.56 Å². The Balaban J connectivity index is 0.000000232. The second-order valence-electron chi connectivity index (χ2n) is 14.9. The second kappa shape index (κ2) is 18.1. The van der Waals surface area contributed by atoms with Crippen molar-refractivity contribution in [3.63, 3.8) is 0 Å². The third-order valence-electron chi connectivity index (χ3n) is 9.35. The van der Waals surface area contributed by atoms with Crippen LogP contribution in [-0.2, 0) is 27.2 Å². The van der Waals surface area contributed by atoms with Gasteiger partial charge in [-0.3, -0.25) is 9.78 Å². The molecule has 1 aliphatic heterocycles. The lowest BCUT2D eigenvalue weighted by Crippen LogP contribution is -2.28. The summed E-state index contributed by atoms with van der Waals surface area (Å²) in [6.45, 7) is 15.6. The first-order valence-electron chi connectivity index (χ1n) is 18.2. The molecule has 1 atom stereocenters. The van der Waals surface area contributed by atoms with Crippen molar-refractivity contribution in [3.05, 3.63) is 137 Å². The number of carbonyl (C=O) groups excluding carboxylic acids is 1. The molecule has 0 saturated heterocycles. The highest BCUT2D eigenvalue weighted by Gasteiger charge is 2.33. The van der Waals surface area contributed by atoms with E-state index < -0.39 is 17.7 Å². The van der Waals surface area contributed by atoms with Crippen LogP contribution in [0.5, 0.6) is 5.75 Å². The summed E-state index contributed by atoms with van der Waals surface area (Å²) in [4.78, 5) is 28.2. The Bertz CT molecular complexity index is 2430. The van der Waals surface area contributed by atoms with E-state index in [9.17, 15) is 14.7 Å². The van der Waals surface area contributed by atoms with Crippen LogP contribution in [0, 0.1) is 27.7 Å². The van der Waals surface area contributed by atoms with Crippen LogP contribution in [0.2, 0.25) is 15.1 Å². The number of aryl methyl sites for hydroxylation is 4. The zero-order valence-electron chi connectivity index (χ0n) is 32.7. The molecule has 0 amide bonds. The number of hydrogen-bond acceptors (Lipinski definition) is 5. The van der Waals surface area contributed by atoms with Gasteiger partial charge in [0.15, 0.2) is 6.10 Å². The fourth-order valence-corrected chi connectivity index (χ4v) is 7.74. The molecule has 6 nitrogen and oxygen atoms in total. The Morgan fingerprint density at radius 3 is 2.14 bits per heavy atom. The van der Waals surface area contributed by atoms with E-state index >= 15 is 0 Å². The molecule has 0 unspecified atom stereocenters. The van der Waals surface area contributed by atoms with E-state index in [4.69, 9.17) is 49.3 Å². The molecule has 0 radical (unpaired) electrons. The molecule has 0 spiro atoms. The van der Waals surface area contributed by atoms with Crippen LogP contribution in [0.15, 0.2) is 83.5 Å².